The topological polar surface area (TPSA) is 73.9 Å². The number of nitrogens with two attached hydrogens (primary N) is 1. The monoisotopic (exact) mass is 437 g/mol. The lowest BCUT2D eigenvalue weighted by atomic mass is 9.95. The molecule has 0 radical (unpaired) electrons. The van der Waals surface area contributed by atoms with E-state index in [0.29, 0.717) is 24.7 Å². The smallest absolute Gasteiger partial charge is 0.162 e. The van der Waals surface area contributed by atoms with Crippen LogP contribution in [-0.2, 0) is 6.42 Å². The van der Waals surface area contributed by atoms with Gasteiger partial charge in [0.05, 0.1) is 26.9 Å². The molecule has 0 bridgehead atoms. The van der Waals surface area contributed by atoms with E-state index >= 15 is 0 Å². The molecule has 0 fully saturated rings. The summed E-state index contributed by atoms with van der Waals surface area (Å²) in [5, 5.41) is 9.21. The molecule has 27 heavy (non-hydrogen) atoms. The Bertz CT molecular complexity index is 704. The zero-order valence-electron chi connectivity index (χ0n) is 15.9. The number of methoxy groups -OCH3 is 1. The highest BCUT2D eigenvalue weighted by atomic mass is 79.9. The van der Waals surface area contributed by atoms with Crippen LogP contribution in [0.5, 0.6) is 17.2 Å². The molecule has 2 aromatic carbocycles. The highest BCUT2D eigenvalue weighted by molar-refractivity contribution is 9.10. The van der Waals surface area contributed by atoms with Crippen molar-refractivity contribution in [2.24, 2.45) is 5.73 Å². The molecule has 5 nitrogen and oxygen atoms in total. The summed E-state index contributed by atoms with van der Waals surface area (Å²) < 4.78 is 17.8. The van der Waals surface area contributed by atoms with Crippen molar-refractivity contribution in [3.63, 3.8) is 0 Å². The molecule has 2 aromatic rings. The van der Waals surface area contributed by atoms with Gasteiger partial charge in [-0.25, -0.2) is 0 Å². The van der Waals surface area contributed by atoms with Gasteiger partial charge in [0, 0.05) is 16.4 Å². The predicted octanol–water partition coefficient (Wildman–Crippen LogP) is 3.95. The van der Waals surface area contributed by atoms with Gasteiger partial charge in [-0.2, -0.15) is 0 Å². The first-order valence-corrected chi connectivity index (χ1v) is 9.80. The summed E-state index contributed by atoms with van der Waals surface area (Å²) in [6.07, 6.45) is 2.33. The van der Waals surface area contributed by atoms with E-state index in [2.05, 4.69) is 15.9 Å². The molecule has 0 amide bonds. The van der Waals surface area contributed by atoms with Crippen LogP contribution in [0.1, 0.15) is 25.3 Å². The summed E-state index contributed by atoms with van der Waals surface area (Å²) in [6.45, 7) is 2.96. The third-order valence-corrected chi connectivity index (χ3v) is 4.70. The van der Waals surface area contributed by atoms with Crippen molar-refractivity contribution in [1.29, 1.82) is 0 Å². The number of benzene rings is 2. The molecule has 1 atom stereocenters. The molecule has 0 heterocycles. The highest BCUT2D eigenvalue weighted by Crippen LogP contribution is 2.30. The fraction of sp³-hybridized carbons (Fsp3) is 0.429. The van der Waals surface area contributed by atoms with Crippen molar-refractivity contribution in [3.05, 3.63) is 52.5 Å². The largest absolute Gasteiger partial charge is 0.493 e. The molecular weight excluding hydrogens is 410 g/mol. The first kappa shape index (κ1) is 21.5. The maximum atomic E-state index is 9.21. The zero-order valence-corrected chi connectivity index (χ0v) is 17.5. The molecule has 6 heteroatoms. The first-order chi connectivity index (χ1) is 12.9. The predicted molar refractivity (Wildman–Crippen MR) is 111 cm³/mol. The summed E-state index contributed by atoms with van der Waals surface area (Å²) in [7, 11) is 1.63. The van der Waals surface area contributed by atoms with Gasteiger partial charge in [0.2, 0.25) is 0 Å². The fourth-order valence-electron chi connectivity index (χ4n) is 2.46. The number of hydrogen-bond donors (Lipinski definition) is 2. The summed E-state index contributed by atoms with van der Waals surface area (Å²) >= 11 is 3.43. The summed E-state index contributed by atoms with van der Waals surface area (Å²) in [4.78, 5) is 0. The van der Waals surface area contributed by atoms with E-state index in [0.717, 1.165) is 29.5 Å². The van der Waals surface area contributed by atoms with Crippen molar-refractivity contribution in [2.45, 2.75) is 31.7 Å². The average Bonchev–Trinajstić information content (AvgIpc) is 2.67. The first-order valence-electron chi connectivity index (χ1n) is 9.01. The molecule has 0 aliphatic carbocycles. The van der Waals surface area contributed by atoms with Gasteiger partial charge in [0.1, 0.15) is 5.75 Å². The molecule has 0 aromatic heterocycles. The molecule has 3 N–H and O–H groups in total. The van der Waals surface area contributed by atoms with Crippen LogP contribution in [0.4, 0.5) is 0 Å². The Kier molecular flexibility index (Phi) is 8.41. The summed E-state index contributed by atoms with van der Waals surface area (Å²) in [5.41, 5.74) is 6.60. The van der Waals surface area contributed by atoms with Crippen LogP contribution in [-0.4, -0.2) is 37.6 Å². The van der Waals surface area contributed by atoms with Crippen molar-refractivity contribution >= 4 is 15.9 Å². The van der Waals surface area contributed by atoms with E-state index < -0.39 is 5.54 Å². The number of halogens is 1. The average molecular weight is 438 g/mol. The second kappa shape index (κ2) is 10.5. The SMILES string of the molecule is COc1ccc(Br)cc1OCCCOc1ccc(CC[C@@](C)(N)CO)cc1. The van der Waals surface area contributed by atoms with Gasteiger partial charge in [0.25, 0.3) is 0 Å². The molecular formula is C21H28BrNO4. The minimum atomic E-state index is -0.536. The molecule has 0 aliphatic heterocycles. The number of aliphatic hydroxyl groups excluding tert-OH is 1. The van der Waals surface area contributed by atoms with Crippen molar-refractivity contribution < 1.29 is 19.3 Å². The van der Waals surface area contributed by atoms with Gasteiger partial charge in [-0.15, -0.1) is 0 Å². The van der Waals surface area contributed by atoms with Gasteiger partial charge in [-0.05, 0) is 55.7 Å². The minimum absolute atomic E-state index is 0.0118. The molecule has 148 valence electrons. The van der Waals surface area contributed by atoms with Gasteiger partial charge in [-0.1, -0.05) is 28.1 Å². The number of rotatable bonds is 11. The Morgan fingerprint density at radius 1 is 1.04 bits per heavy atom. The van der Waals surface area contributed by atoms with E-state index in [1.165, 1.54) is 5.56 Å². The molecule has 0 saturated carbocycles. The summed E-state index contributed by atoms with van der Waals surface area (Å²) in [5.74, 6) is 2.26. The number of aliphatic hydroxyl groups is 1. The normalized spacial score (nSPS) is 13.1. The minimum Gasteiger partial charge on any atom is -0.493 e. The quantitative estimate of drug-likeness (QED) is 0.520. The Morgan fingerprint density at radius 2 is 1.74 bits per heavy atom. The number of ether oxygens (including phenoxy) is 3. The van der Waals surface area contributed by atoms with Crippen LogP contribution in [0, 0.1) is 0 Å². The number of aryl methyl sites for hydroxylation is 1. The maximum Gasteiger partial charge on any atom is 0.162 e. The Hall–Kier alpha value is -1.76. The van der Waals surface area contributed by atoms with E-state index in [1.807, 2.05) is 49.4 Å². The second-order valence-corrected chi connectivity index (χ2v) is 7.72. The number of hydrogen-bond acceptors (Lipinski definition) is 5. The van der Waals surface area contributed by atoms with Crippen molar-refractivity contribution in [3.8, 4) is 17.2 Å². The fourth-order valence-corrected chi connectivity index (χ4v) is 2.80. The van der Waals surface area contributed by atoms with Crippen LogP contribution in [0.15, 0.2) is 46.9 Å². The zero-order chi connectivity index (χ0) is 19.7. The Labute approximate surface area is 169 Å². The van der Waals surface area contributed by atoms with Crippen LogP contribution < -0.4 is 19.9 Å². The lowest BCUT2D eigenvalue weighted by molar-refractivity contribution is 0.200. The van der Waals surface area contributed by atoms with Crippen molar-refractivity contribution in [1.82, 2.24) is 0 Å². The van der Waals surface area contributed by atoms with Crippen LogP contribution in [0.3, 0.4) is 0 Å². The molecule has 0 saturated heterocycles. The maximum absolute atomic E-state index is 9.21. The van der Waals surface area contributed by atoms with Crippen LogP contribution >= 0.6 is 15.9 Å². The second-order valence-electron chi connectivity index (χ2n) is 6.80. The molecule has 0 spiro atoms. The van der Waals surface area contributed by atoms with E-state index in [-0.39, 0.29) is 6.61 Å². The lowest BCUT2D eigenvalue weighted by Gasteiger charge is -2.21. The van der Waals surface area contributed by atoms with Gasteiger partial charge >= 0.3 is 0 Å². The van der Waals surface area contributed by atoms with E-state index in [9.17, 15) is 5.11 Å². The Morgan fingerprint density at radius 3 is 2.41 bits per heavy atom. The highest BCUT2D eigenvalue weighted by Gasteiger charge is 2.16. The summed E-state index contributed by atoms with van der Waals surface area (Å²) in [6, 6.07) is 13.7. The lowest BCUT2D eigenvalue weighted by Crippen LogP contribution is -2.40. The molecule has 0 unspecified atom stereocenters. The van der Waals surface area contributed by atoms with Crippen LogP contribution in [0.25, 0.3) is 0 Å². The van der Waals surface area contributed by atoms with Crippen LogP contribution in [0.2, 0.25) is 0 Å². The van der Waals surface area contributed by atoms with Crippen molar-refractivity contribution in [2.75, 3.05) is 26.9 Å². The van der Waals surface area contributed by atoms with Gasteiger partial charge in [0.15, 0.2) is 11.5 Å². The van der Waals surface area contributed by atoms with Gasteiger partial charge < -0.3 is 25.1 Å². The Balaban J connectivity index is 1.71. The third kappa shape index (κ3) is 7.40. The molecule has 0 aliphatic rings. The molecule has 2 rings (SSSR count). The van der Waals surface area contributed by atoms with E-state index in [4.69, 9.17) is 19.9 Å². The van der Waals surface area contributed by atoms with Gasteiger partial charge in [-0.3, -0.25) is 0 Å². The van der Waals surface area contributed by atoms with E-state index in [1.54, 1.807) is 7.11 Å². The third-order valence-electron chi connectivity index (χ3n) is 4.21. The standard InChI is InChI=1S/C21H28BrNO4/c1-21(23,15-24)11-10-16-4-7-18(8-5-16)26-12-3-13-27-20-14-17(22)6-9-19(20)25-2/h4-9,14,24H,3,10-13,15,23H2,1-2H3/t21-/m1/s1.